The van der Waals surface area contributed by atoms with Gasteiger partial charge >= 0.3 is 0 Å². The van der Waals surface area contributed by atoms with Crippen LogP contribution in [0.2, 0.25) is 5.02 Å². The fourth-order valence-corrected chi connectivity index (χ4v) is 1.58. The summed E-state index contributed by atoms with van der Waals surface area (Å²) in [6.45, 7) is 0.364. The highest BCUT2D eigenvalue weighted by Gasteiger charge is 2.05. The van der Waals surface area contributed by atoms with Crippen LogP contribution in [0.4, 0.5) is 0 Å². The van der Waals surface area contributed by atoms with Gasteiger partial charge in [0.25, 0.3) is 0 Å². The summed E-state index contributed by atoms with van der Waals surface area (Å²) in [5.41, 5.74) is 1.41. The molecule has 0 N–H and O–H groups in total. The first-order chi connectivity index (χ1) is 8.19. The van der Waals surface area contributed by atoms with Crippen molar-refractivity contribution in [1.82, 2.24) is 9.78 Å². The van der Waals surface area contributed by atoms with Gasteiger partial charge in [-0.05, 0) is 12.1 Å². The van der Waals surface area contributed by atoms with E-state index >= 15 is 0 Å². The van der Waals surface area contributed by atoms with Gasteiger partial charge in [-0.25, -0.2) is 0 Å². The summed E-state index contributed by atoms with van der Waals surface area (Å²) in [5, 5.41) is 13.5. The van der Waals surface area contributed by atoms with E-state index in [9.17, 15) is 0 Å². The average Bonchev–Trinajstić information content (AvgIpc) is 2.73. The predicted octanol–water partition coefficient (Wildman–Crippen LogP) is 2.52. The standard InChI is InChI=1S/C12H10ClN3O/c1-16-7-9(6-15-16)8-17-12-4-11(13)3-2-10(12)5-14/h2-4,6-7H,8H2,1H3. The van der Waals surface area contributed by atoms with Crippen LogP contribution in [0.3, 0.4) is 0 Å². The normalized spacial score (nSPS) is 9.94. The molecule has 2 aromatic rings. The van der Waals surface area contributed by atoms with E-state index < -0.39 is 0 Å². The third-order valence-corrected chi connectivity index (χ3v) is 2.45. The number of hydrogen-bond donors (Lipinski definition) is 0. The first-order valence-electron chi connectivity index (χ1n) is 4.99. The Hall–Kier alpha value is -1.99. The van der Waals surface area contributed by atoms with Crippen molar-refractivity contribution in [3.63, 3.8) is 0 Å². The maximum Gasteiger partial charge on any atom is 0.139 e. The zero-order chi connectivity index (χ0) is 12.3. The van der Waals surface area contributed by atoms with Gasteiger partial charge in [0.05, 0.1) is 11.8 Å². The lowest BCUT2D eigenvalue weighted by Crippen LogP contribution is -1.96. The van der Waals surface area contributed by atoms with Gasteiger partial charge in [0.2, 0.25) is 0 Å². The van der Waals surface area contributed by atoms with Crippen LogP contribution in [0.1, 0.15) is 11.1 Å². The number of nitrogens with zero attached hydrogens (tertiary/aromatic N) is 3. The molecule has 0 aliphatic carbocycles. The summed E-state index contributed by atoms with van der Waals surface area (Å²) in [7, 11) is 1.84. The zero-order valence-corrected chi connectivity index (χ0v) is 9.98. The molecule has 0 fully saturated rings. The summed E-state index contributed by atoms with van der Waals surface area (Å²) in [6, 6.07) is 7.00. The molecule has 5 heteroatoms. The number of halogens is 1. The summed E-state index contributed by atoms with van der Waals surface area (Å²) in [5.74, 6) is 0.490. The molecule has 0 amide bonds. The smallest absolute Gasteiger partial charge is 0.139 e. The first-order valence-corrected chi connectivity index (χ1v) is 5.37. The zero-order valence-electron chi connectivity index (χ0n) is 9.22. The highest BCUT2D eigenvalue weighted by molar-refractivity contribution is 6.30. The fourth-order valence-electron chi connectivity index (χ4n) is 1.42. The lowest BCUT2D eigenvalue weighted by Gasteiger charge is -2.06. The summed E-state index contributed by atoms with van der Waals surface area (Å²) in [4.78, 5) is 0. The lowest BCUT2D eigenvalue weighted by atomic mass is 10.2. The van der Waals surface area contributed by atoms with Crippen LogP contribution in [-0.2, 0) is 13.7 Å². The molecule has 1 heterocycles. The summed E-state index contributed by atoms with van der Waals surface area (Å²) in [6.07, 6.45) is 3.58. The number of nitriles is 1. The number of aryl methyl sites for hydroxylation is 1. The third kappa shape index (κ3) is 2.77. The largest absolute Gasteiger partial charge is 0.487 e. The van der Waals surface area contributed by atoms with Crippen molar-refractivity contribution in [1.29, 1.82) is 5.26 Å². The molecule has 86 valence electrons. The van der Waals surface area contributed by atoms with Crippen LogP contribution in [0, 0.1) is 11.3 Å². The Morgan fingerprint density at radius 1 is 1.53 bits per heavy atom. The number of benzene rings is 1. The molecule has 0 aliphatic heterocycles. The molecule has 0 saturated heterocycles. The number of rotatable bonds is 3. The van der Waals surface area contributed by atoms with Crippen LogP contribution in [0.15, 0.2) is 30.6 Å². The average molecular weight is 248 g/mol. The molecule has 0 bridgehead atoms. The Labute approximate surface area is 104 Å². The predicted molar refractivity (Wildman–Crippen MR) is 63.7 cm³/mol. The van der Waals surface area contributed by atoms with Crippen molar-refractivity contribution in [2.24, 2.45) is 7.05 Å². The second-order valence-corrected chi connectivity index (χ2v) is 4.00. The third-order valence-electron chi connectivity index (χ3n) is 2.22. The van der Waals surface area contributed by atoms with Gasteiger partial charge in [0.1, 0.15) is 18.4 Å². The molecule has 0 atom stereocenters. The molecular formula is C12H10ClN3O. The molecule has 2 rings (SSSR count). The number of aromatic nitrogens is 2. The molecule has 0 aliphatic rings. The van der Waals surface area contributed by atoms with Gasteiger partial charge < -0.3 is 4.74 Å². The van der Waals surface area contributed by atoms with Crippen LogP contribution < -0.4 is 4.74 Å². The summed E-state index contributed by atoms with van der Waals surface area (Å²) >= 11 is 5.85. The molecule has 4 nitrogen and oxygen atoms in total. The highest BCUT2D eigenvalue weighted by atomic mass is 35.5. The maximum absolute atomic E-state index is 8.92. The van der Waals surface area contributed by atoms with Crippen molar-refractivity contribution in [3.05, 3.63) is 46.7 Å². The summed E-state index contributed by atoms with van der Waals surface area (Å²) < 4.78 is 7.24. The molecule has 0 spiro atoms. The van der Waals surface area contributed by atoms with Gasteiger partial charge in [0.15, 0.2) is 0 Å². The molecule has 1 aromatic carbocycles. The van der Waals surface area contributed by atoms with Crippen molar-refractivity contribution < 1.29 is 4.74 Å². The van der Waals surface area contributed by atoms with E-state index in [0.29, 0.717) is 22.9 Å². The first kappa shape index (κ1) is 11.5. The van der Waals surface area contributed by atoms with E-state index in [1.165, 1.54) is 0 Å². The lowest BCUT2D eigenvalue weighted by molar-refractivity contribution is 0.305. The van der Waals surface area contributed by atoms with E-state index in [1.54, 1.807) is 29.1 Å². The van der Waals surface area contributed by atoms with Crippen LogP contribution >= 0.6 is 11.6 Å². The van der Waals surface area contributed by atoms with Gasteiger partial charge in [-0.15, -0.1) is 0 Å². The highest BCUT2D eigenvalue weighted by Crippen LogP contribution is 2.23. The van der Waals surface area contributed by atoms with Crippen LogP contribution in [-0.4, -0.2) is 9.78 Å². The van der Waals surface area contributed by atoms with Crippen molar-refractivity contribution in [2.45, 2.75) is 6.61 Å². The Morgan fingerprint density at radius 2 is 2.35 bits per heavy atom. The SMILES string of the molecule is Cn1cc(COc2cc(Cl)ccc2C#N)cn1. The monoisotopic (exact) mass is 247 g/mol. The van der Waals surface area contributed by atoms with Gasteiger partial charge in [-0.3, -0.25) is 4.68 Å². The van der Waals surface area contributed by atoms with E-state index in [2.05, 4.69) is 11.2 Å². The Kier molecular flexibility index (Phi) is 3.31. The fraction of sp³-hybridized carbons (Fsp3) is 0.167. The van der Waals surface area contributed by atoms with Crippen molar-refractivity contribution in [2.75, 3.05) is 0 Å². The second-order valence-electron chi connectivity index (χ2n) is 3.56. The minimum absolute atomic E-state index is 0.364. The molecule has 1 aromatic heterocycles. The van der Waals surface area contributed by atoms with E-state index in [4.69, 9.17) is 21.6 Å². The van der Waals surface area contributed by atoms with E-state index in [-0.39, 0.29) is 0 Å². The van der Waals surface area contributed by atoms with Crippen LogP contribution in [0.25, 0.3) is 0 Å². The molecule has 0 saturated carbocycles. The Balaban J connectivity index is 2.13. The van der Waals surface area contributed by atoms with Gasteiger partial charge in [-0.2, -0.15) is 10.4 Å². The number of ether oxygens (including phenoxy) is 1. The molecule has 0 radical (unpaired) electrons. The Morgan fingerprint density at radius 3 is 3.00 bits per heavy atom. The second kappa shape index (κ2) is 4.89. The van der Waals surface area contributed by atoms with Crippen molar-refractivity contribution >= 4 is 11.6 Å². The maximum atomic E-state index is 8.92. The Bertz CT molecular complexity index is 571. The minimum atomic E-state index is 0.364. The van der Waals surface area contributed by atoms with Gasteiger partial charge in [0, 0.05) is 29.9 Å². The van der Waals surface area contributed by atoms with Gasteiger partial charge in [-0.1, -0.05) is 11.6 Å². The van der Waals surface area contributed by atoms with Crippen LogP contribution in [0.5, 0.6) is 5.75 Å². The molecule has 0 unspecified atom stereocenters. The molecule has 17 heavy (non-hydrogen) atoms. The quantitative estimate of drug-likeness (QED) is 0.838. The van der Waals surface area contributed by atoms with Crippen molar-refractivity contribution in [3.8, 4) is 11.8 Å². The van der Waals surface area contributed by atoms with E-state index in [1.807, 2.05) is 13.2 Å². The minimum Gasteiger partial charge on any atom is -0.487 e. The molecular weight excluding hydrogens is 238 g/mol. The number of hydrogen-bond acceptors (Lipinski definition) is 3. The topological polar surface area (TPSA) is 50.8 Å². The van der Waals surface area contributed by atoms with E-state index in [0.717, 1.165) is 5.56 Å².